The molecule has 4 unspecified atom stereocenters. The van der Waals surface area contributed by atoms with Crippen LogP contribution in [-0.2, 0) is 26.3 Å². The lowest BCUT2D eigenvalue weighted by Gasteiger charge is -2.58. The van der Waals surface area contributed by atoms with Crippen LogP contribution in [0.1, 0.15) is 57.8 Å². The number of hydrogen-bond donors (Lipinski definition) is 0. The van der Waals surface area contributed by atoms with Gasteiger partial charge in [-0.3, -0.25) is 4.79 Å². The summed E-state index contributed by atoms with van der Waals surface area (Å²) in [6, 6.07) is 13.8. The minimum Gasteiger partial charge on any atom is -0.469 e. The highest BCUT2D eigenvalue weighted by Gasteiger charge is 2.85. The molecule has 4 aliphatic rings. The van der Waals surface area contributed by atoms with E-state index in [1.54, 1.807) is 6.26 Å². The lowest BCUT2D eigenvalue weighted by molar-refractivity contribution is -0.180. The molecule has 4 bridgehead atoms. The number of allylic oxidation sites excluding steroid dienone is 1. The Bertz CT molecular complexity index is 1130. The number of ether oxygens (including phenoxy) is 1. The van der Waals surface area contributed by atoms with Gasteiger partial charge in [0.2, 0.25) is 0 Å². The Morgan fingerprint density at radius 1 is 1.15 bits per heavy atom. The second-order valence-corrected chi connectivity index (χ2v) is 11.5. The maximum Gasteiger partial charge on any atom is 0.318 e. The van der Waals surface area contributed by atoms with Gasteiger partial charge in [0.15, 0.2) is 0 Å². The monoisotopic (exact) mass is 458 g/mol. The number of rotatable bonds is 6. The average molecular weight is 459 g/mol. The predicted molar refractivity (Wildman–Crippen MR) is 129 cm³/mol. The number of carbonyl (C=O) groups is 2. The molecule has 6 rings (SSSR count). The van der Waals surface area contributed by atoms with E-state index in [0.717, 1.165) is 36.2 Å². The van der Waals surface area contributed by atoms with E-state index in [2.05, 4.69) is 26.8 Å². The highest BCUT2D eigenvalue weighted by Crippen LogP contribution is 2.82. The van der Waals surface area contributed by atoms with Crippen molar-refractivity contribution in [2.45, 2.75) is 58.5 Å². The quantitative estimate of drug-likeness (QED) is 0.297. The Morgan fingerprint density at radius 3 is 2.62 bits per heavy atom. The fourth-order valence-electron chi connectivity index (χ4n) is 8.98. The largest absolute Gasteiger partial charge is 0.469 e. The molecule has 1 heterocycles. The van der Waals surface area contributed by atoms with Crippen LogP contribution >= 0.6 is 0 Å². The molecule has 0 spiro atoms. The van der Waals surface area contributed by atoms with E-state index in [1.807, 2.05) is 42.5 Å². The minimum absolute atomic E-state index is 0.100. The maximum absolute atomic E-state index is 14.6. The Kier molecular flexibility index (Phi) is 4.79. The summed E-state index contributed by atoms with van der Waals surface area (Å²) in [5.41, 5.74) is -0.286. The van der Waals surface area contributed by atoms with Gasteiger partial charge in [0.05, 0.1) is 17.1 Å². The van der Waals surface area contributed by atoms with Crippen LogP contribution in [0.15, 0.2) is 64.8 Å². The molecule has 3 fully saturated rings. The van der Waals surface area contributed by atoms with Crippen molar-refractivity contribution in [1.29, 1.82) is 0 Å². The zero-order valence-electron chi connectivity index (χ0n) is 20.3. The molecule has 4 aliphatic carbocycles. The van der Waals surface area contributed by atoms with Crippen molar-refractivity contribution in [3.8, 4) is 0 Å². The van der Waals surface area contributed by atoms with Crippen LogP contribution in [0.5, 0.6) is 0 Å². The molecule has 0 amide bonds. The van der Waals surface area contributed by atoms with Crippen molar-refractivity contribution >= 4 is 12.3 Å². The molecule has 4 nitrogen and oxygen atoms in total. The molecule has 1 aromatic carbocycles. The first-order chi connectivity index (χ1) is 16.4. The van der Waals surface area contributed by atoms with Crippen LogP contribution in [0.4, 0.5) is 0 Å². The molecule has 1 aromatic heterocycles. The van der Waals surface area contributed by atoms with E-state index in [9.17, 15) is 9.59 Å². The SMILES string of the molecule is CC(C)C1=CC2CC3(C=O)[C@@H]4CC[C@@H](C)[C@H]4CC2(c2ccco2)C13C(=O)OCc1ccccc1. The van der Waals surface area contributed by atoms with Crippen molar-refractivity contribution in [1.82, 2.24) is 0 Å². The van der Waals surface area contributed by atoms with Crippen molar-refractivity contribution < 1.29 is 18.7 Å². The number of hydrogen-bond acceptors (Lipinski definition) is 4. The maximum atomic E-state index is 14.6. The highest BCUT2D eigenvalue weighted by molar-refractivity contribution is 5.93. The number of carbonyl (C=O) groups excluding carboxylic acids is 2. The van der Waals surface area contributed by atoms with Crippen LogP contribution < -0.4 is 0 Å². The summed E-state index contributed by atoms with van der Waals surface area (Å²) in [6.45, 7) is 6.84. The van der Waals surface area contributed by atoms with Gasteiger partial charge in [-0.15, -0.1) is 0 Å². The molecule has 4 heteroatoms. The van der Waals surface area contributed by atoms with Gasteiger partial charge >= 0.3 is 5.97 Å². The van der Waals surface area contributed by atoms with Crippen molar-refractivity contribution in [2.24, 2.45) is 40.4 Å². The summed E-state index contributed by atoms with van der Waals surface area (Å²) >= 11 is 0. The van der Waals surface area contributed by atoms with Gasteiger partial charge in [-0.05, 0) is 66.5 Å². The van der Waals surface area contributed by atoms with Gasteiger partial charge in [0.25, 0.3) is 0 Å². The lowest BCUT2D eigenvalue weighted by atomic mass is 9.42. The number of benzene rings is 1. The second-order valence-electron chi connectivity index (χ2n) is 11.5. The molecule has 0 radical (unpaired) electrons. The highest BCUT2D eigenvalue weighted by atomic mass is 16.5. The van der Waals surface area contributed by atoms with Crippen LogP contribution in [0.3, 0.4) is 0 Å². The van der Waals surface area contributed by atoms with Gasteiger partial charge in [-0.25, -0.2) is 0 Å². The number of aldehydes is 1. The normalized spacial score (nSPS) is 39.7. The Balaban J connectivity index is 1.57. The summed E-state index contributed by atoms with van der Waals surface area (Å²) in [5, 5.41) is 0. The third-order valence-electron chi connectivity index (χ3n) is 10.1. The first kappa shape index (κ1) is 21.9. The topological polar surface area (TPSA) is 56.5 Å². The molecule has 7 atom stereocenters. The number of furan rings is 1. The van der Waals surface area contributed by atoms with Crippen molar-refractivity contribution in [3.05, 3.63) is 71.7 Å². The number of fused-ring (bicyclic) bond motifs is 2. The van der Waals surface area contributed by atoms with Crippen LogP contribution in [-0.4, -0.2) is 12.3 Å². The standard InChI is InChI=1S/C30H34O4/c1-19(2)25-14-22-15-28(18-31)24-12-11-20(3)23(24)16-29(22,26-10-7-13-33-26)30(25,28)27(32)34-17-21-8-5-4-6-9-21/h4-10,13-14,18-20,22-24H,11-12,15-17H2,1-3H3/t20-,22?,23-,24-,28?,29?,30?/m1/s1. The van der Waals surface area contributed by atoms with E-state index >= 15 is 0 Å². The molecule has 3 saturated carbocycles. The minimum atomic E-state index is -1.02. The predicted octanol–water partition coefficient (Wildman–Crippen LogP) is 6.11. The van der Waals surface area contributed by atoms with E-state index < -0.39 is 16.2 Å². The van der Waals surface area contributed by atoms with Crippen molar-refractivity contribution in [2.75, 3.05) is 0 Å². The van der Waals surface area contributed by atoms with E-state index in [1.165, 1.54) is 6.29 Å². The Hall–Kier alpha value is -2.62. The zero-order chi connectivity index (χ0) is 23.7. The van der Waals surface area contributed by atoms with Crippen LogP contribution in [0.2, 0.25) is 0 Å². The van der Waals surface area contributed by atoms with Gasteiger partial charge in [-0.2, -0.15) is 0 Å². The van der Waals surface area contributed by atoms with Gasteiger partial charge in [-0.1, -0.05) is 69.2 Å². The molecule has 0 N–H and O–H groups in total. The van der Waals surface area contributed by atoms with Gasteiger partial charge < -0.3 is 13.9 Å². The Labute approximate surface area is 201 Å². The average Bonchev–Trinajstić information content (AvgIpc) is 3.60. The summed E-state index contributed by atoms with van der Waals surface area (Å²) in [6.07, 6.45) is 8.92. The first-order valence-electron chi connectivity index (χ1n) is 12.9. The fraction of sp³-hybridized carbons (Fsp3) is 0.533. The summed E-state index contributed by atoms with van der Waals surface area (Å²) < 4.78 is 12.4. The zero-order valence-corrected chi connectivity index (χ0v) is 20.3. The third-order valence-corrected chi connectivity index (χ3v) is 10.1. The summed E-state index contributed by atoms with van der Waals surface area (Å²) in [5.74, 6) is 2.01. The molecule has 0 aliphatic heterocycles. The number of esters is 1. The fourth-order valence-corrected chi connectivity index (χ4v) is 8.98. The van der Waals surface area contributed by atoms with E-state index in [-0.39, 0.29) is 30.3 Å². The molecule has 0 saturated heterocycles. The second kappa shape index (κ2) is 7.44. The van der Waals surface area contributed by atoms with Gasteiger partial charge in [0, 0.05) is 0 Å². The smallest absolute Gasteiger partial charge is 0.318 e. The van der Waals surface area contributed by atoms with E-state index in [0.29, 0.717) is 18.3 Å². The first-order valence-corrected chi connectivity index (χ1v) is 12.9. The lowest BCUT2D eigenvalue weighted by Crippen LogP contribution is -2.64. The third kappa shape index (κ3) is 2.40. The molecule has 2 aromatic rings. The van der Waals surface area contributed by atoms with Gasteiger partial charge in [0.1, 0.15) is 24.1 Å². The molecular formula is C30H34O4. The van der Waals surface area contributed by atoms with Crippen LogP contribution in [0, 0.1) is 40.4 Å². The Morgan fingerprint density at radius 2 is 1.94 bits per heavy atom. The van der Waals surface area contributed by atoms with Crippen molar-refractivity contribution in [3.63, 3.8) is 0 Å². The molecular weight excluding hydrogens is 424 g/mol. The summed E-state index contributed by atoms with van der Waals surface area (Å²) in [4.78, 5) is 28.0. The molecule has 178 valence electrons. The summed E-state index contributed by atoms with van der Waals surface area (Å²) in [7, 11) is 0. The van der Waals surface area contributed by atoms with Crippen LogP contribution in [0.25, 0.3) is 0 Å². The van der Waals surface area contributed by atoms with E-state index in [4.69, 9.17) is 9.15 Å². The molecule has 34 heavy (non-hydrogen) atoms.